The number of rotatable bonds is 14. The molecule has 8 nitrogen and oxygen atoms in total. The summed E-state index contributed by atoms with van der Waals surface area (Å²) < 4.78 is 59.2. The Bertz CT molecular complexity index is 1270. The van der Waals surface area contributed by atoms with E-state index in [1.807, 2.05) is 91.0 Å². The van der Waals surface area contributed by atoms with Crippen LogP contribution in [0.3, 0.4) is 0 Å². The van der Waals surface area contributed by atoms with Crippen molar-refractivity contribution in [1.29, 1.82) is 0 Å². The number of ether oxygens (including phenoxy) is 5. The average Bonchev–Trinajstić information content (AvgIpc) is 2.97. The lowest BCUT2D eigenvalue weighted by atomic mass is 9.97. The Labute approximate surface area is 236 Å². The van der Waals surface area contributed by atoms with Gasteiger partial charge in [0, 0.05) is 7.11 Å². The van der Waals surface area contributed by atoms with Gasteiger partial charge in [0.15, 0.2) is 6.29 Å². The summed E-state index contributed by atoms with van der Waals surface area (Å²) in [7, 11) is -2.04. The summed E-state index contributed by atoms with van der Waals surface area (Å²) in [6.45, 7) is 0.832. The van der Waals surface area contributed by atoms with Crippen LogP contribution in [0.1, 0.15) is 16.7 Å². The van der Waals surface area contributed by atoms with Crippen molar-refractivity contribution in [2.45, 2.75) is 50.5 Å². The summed E-state index contributed by atoms with van der Waals surface area (Å²) in [5.41, 5.74) is 2.99. The molecule has 40 heavy (non-hydrogen) atoms. The van der Waals surface area contributed by atoms with Crippen molar-refractivity contribution >= 4 is 10.1 Å². The molecule has 0 amide bonds. The Balaban J connectivity index is 1.61. The van der Waals surface area contributed by atoms with Crippen LogP contribution in [0.5, 0.6) is 0 Å². The molecule has 9 heteroatoms. The summed E-state index contributed by atoms with van der Waals surface area (Å²) >= 11 is 0. The smallest absolute Gasteiger partial charge is 0.264 e. The molecule has 0 N–H and O–H groups in total. The summed E-state index contributed by atoms with van der Waals surface area (Å²) in [4.78, 5) is 0. The Kier molecular flexibility index (Phi) is 11.4. The van der Waals surface area contributed by atoms with Crippen molar-refractivity contribution in [3.63, 3.8) is 0 Å². The maximum atomic E-state index is 11.4. The fraction of sp³-hybridized carbons (Fsp3) is 0.355. The summed E-state index contributed by atoms with van der Waals surface area (Å²) in [6, 6.07) is 29.5. The van der Waals surface area contributed by atoms with Gasteiger partial charge in [0.25, 0.3) is 10.1 Å². The van der Waals surface area contributed by atoms with E-state index in [1.54, 1.807) is 19.3 Å². The molecule has 4 rings (SSSR count). The van der Waals surface area contributed by atoms with Crippen LogP contribution in [-0.2, 0) is 57.8 Å². The largest absolute Gasteiger partial charge is 0.368 e. The molecule has 0 saturated carbocycles. The SMILES string of the molecule is CO[C@H]1O[C@H](/C=C/COS(C)(=O)=O)[C@@H](OCc2ccccc2)[C@H](OCc2ccccc2)[C@H]1OCc1ccccc1. The highest BCUT2D eigenvalue weighted by molar-refractivity contribution is 7.85. The van der Waals surface area contributed by atoms with Crippen molar-refractivity contribution in [3.05, 3.63) is 120 Å². The van der Waals surface area contributed by atoms with E-state index in [4.69, 9.17) is 27.9 Å². The van der Waals surface area contributed by atoms with Crippen LogP contribution in [0, 0.1) is 0 Å². The van der Waals surface area contributed by atoms with Gasteiger partial charge in [-0.05, 0) is 16.7 Å². The lowest BCUT2D eigenvalue weighted by Gasteiger charge is -2.45. The van der Waals surface area contributed by atoms with Gasteiger partial charge in [-0.1, -0.05) is 103 Å². The van der Waals surface area contributed by atoms with E-state index in [0.717, 1.165) is 22.9 Å². The second-order valence-corrected chi connectivity index (χ2v) is 11.0. The van der Waals surface area contributed by atoms with E-state index in [1.165, 1.54) is 0 Å². The van der Waals surface area contributed by atoms with E-state index in [0.29, 0.717) is 19.8 Å². The first kappa shape index (κ1) is 30.1. The minimum atomic E-state index is -3.59. The molecule has 5 atom stereocenters. The Hall–Kier alpha value is -2.89. The second-order valence-electron chi connectivity index (χ2n) is 9.41. The Morgan fingerprint density at radius 1 is 0.700 bits per heavy atom. The minimum Gasteiger partial charge on any atom is -0.368 e. The van der Waals surface area contributed by atoms with Crippen molar-refractivity contribution in [2.24, 2.45) is 0 Å². The number of benzene rings is 3. The van der Waals surface area contributed by atoms with Gasteiger partial charge >= 0.3 is 0 Å². The molecule has 3 aromatic rings. The summed E-state index contributed by atoms with van der Waals surface area (Å²) in [5.74, 6) is 0. The lowest BCUT2D eigenvalue weighted by molar-refractivity contribution is -0.309. The van der Waals surface area contributed by atoms with Gasteiger partial charge in [0.2, 0.25) is 0 Å². The van der Waals surface area contributed by atoms with Crippen LogP contribution in [0.4, 0.5) is 0 Å². The predicted molar refractivity (Wildman–Crippen MR) is 151 cm³/mol. The third kappa shape index (κ3) is 9.35. The number of hydrogen-bond acceptors (Lipinski definition) is 8. The maximum Gasteiger partial charge on any atom is 0.264 e. The molecule has 0 radical (unpaired) electrons. The zero-order valence-corrected chi connectivity index (χ0v) is 23.5. The van der Waals surface area contributed by atoms with Crippen molar-refractivity contribution in [3.8, 4) is 0 Å². The minimum absolute atomic E-state index is 0.134. The number of hydrogen-bond donors (Lipinski definition) is 0. The topological polar surface area (TPSA) is 89.5 Å². The summed E-state index contributed by atoms with van der Waals surface area (Å²) in [5, 5.41) is 0. The normalized spacial score (nSPS) is 23.4. The average molecular weight is 569 g/mol. The third-order valence-electron chi connectivity index (χ3n) is 6.32. The van der Waals surface area contributed by atoms with E-state index in [9.17, 15) is 8.42 Å². The van der Waals surface area contributed by atoms with Crippen LogP contribution >= 0.6 is 0 Å². The molecule has 0 bridgehead atoms. The van der Waals surface area contributed by atoms with Gasteiger partial charge in [-0.2, -0.15) is 8.42 Å². The molecule has 1 aliphatic rings. The van der Waals surface area contributed by atoms with E-state index in [-0.39, 0.29) is 6.61 Å². The van der Waals surface area contributed by atoms with Crippen molar-refractivity contribution < 1.29 is 36.3 Å². The van der Waals surface area contributed by atoms with Gasteiger partial charge < -0.3 is 23.7 Å². The fourth-order valence-electron chi connectivity index (χ4n) is 4.39. The molecule has 0 aromatic heterocycles. The van der Waals surface area contributed by atoms with Crippen LogP contribution in [0.2, 0.25) is 0 Å². The Morgan fingerprint density at radius 3 is 1.60 bits per heavy atom. The highest BCUT2D eigenvalue weighted by Crippen LogP contribution is 2.31. The van der Waals surface area contributed by atoms with E-state index in [2.05, 4.69) is 0 Å². The molecular formula is C31H36O8S. The van der Waals surface area contributed by atoms with Gasteiger partial charge in [-0.15, -0.1) is 0 Å². The maximum absolute atomic E-state index is 11.4. The highest BCUT2D eigenvalue weighted by atomic mass is 32.2. The van der Waals surface area contributed by atoms with Crippen LogP contribution in [0.15, 0.2) is 103 Å². The molecule has 0 aliphatic carbocycles. The molecule has 0 spiro atoms. The predicted octanol–water partition coefficient (Wildman–Crippen LogP) is 4.65. The molecule has 1 fully saturated rings. The fourth-order valence-corrected chi connectivity index (χ4v) is 4.71. The molecule has 1 heterocycles. The third-order valence-corrected chi connectivity index (χ3v) is 6.89. The second kappa shape index (κ2) is 15.2. The van der Waals surface area contributed by atoms with Crippen LogP contribution in [-0.4, -0.2) is 59.1 Å². The van der Waals surface area contributed by atoms with Crippen molar-refractivity contribution in [2.75, 3.05) is 20.0 Å². The van der Waals surface area contributed by atoms with Gasteiger partial charge in [-0.3, -0.25) is 4.18 Å². The Morgan fingerprint density at radius 2 is 1.15 bits per heavy atom. The summed E-state index contributed by atoms with van der Waals surface area (Å²) in [6.07, 6.45) is 1.11. The van der Waals surface area contributed by atoms with Gasteiger partial charge in [-0.25, -0.2) is 0 Å². The monoisotopic (exact) mass is 568 g/mol. The molecule has 1 saturated heterocycles. The standard InChI is InChI=1S/C31H36O8S/c1-34-31-30(37-23-26-17-10-5-11-18-26)29(36-22-25-15-8-4-9-16-25)28(35-21-24-13-6-3-7-14-24)27(39-31)19-12-20-38-40(2,32)33/h3-19,27-31H,20-23H2,1-2H3/b19-12+/t27-,28-,29+,30-,31+/m1/s1. The van der Waals surface area contributed by atoms with Crippen molar-refractivity contribution in [1.82, 2.24) is 0 Å². The molecule has 214 valence electrons. The molecule has 1 aliphatic heterocycles. The first-order valence-corrected chi connectivity index (χ1v) is 14.9. The van der Waals surface area contributed by atoms with E-state index >= 15 is 0 Å². The highest BCUT2D eigenvalue weighted by Gasteiger charge is 2.47. The van der Waals surface area contributed by atoms with Gasteiger partial charge in [0.05, 0.1) is 32.7 Å². The zero-order valence-electron chi connectivity index (χ0n) is 22.7. The molecule has 0 unspecified atom stereocenters. The first-order chi connectivity index (χ1) is 19.4. The van der Waals surface area contributed by atoms with Gasteiger partial charge in [0.1, 0.15) is 24.4 Å². The van der Waals surface area contributed by atoms with Crippen LogP contribution < -0.4 is 0 Å². The lowest BCUT2D eigenvalue weighted by Crippen LogP contribution is -2.60. The zero-order chi connectivity index (χ0) is 28.2. The van der Waals surface area contributed by atoms with Crippen LogP contribution in [0.25, 0.3) is 0 Å². The molecule has 3 aromatic carbocycles. The number of methoxy groups -OCH3 is 1. The first-order valence-electron chi connectivity index (χ1n) is 13.1. The quantitative estimate of drug-likeness (QED) is 0.205. The van der Waals surface area contributed by atoms with E-state index < -0.39 is 40.8 Å². The molecular weight excluding hydrogens is 532 g/mol.